The standard InChI is InChI=1S/C26H39N5.HI/c1-5-27-26(28-18-23-13-9-10-14-24(23)20-30(3)4)29-25-15-16-31(21(2)17-25)19-22-11-7-6-8-12-22;/h6-14,21,25H,5,15-20H2,1-4H3,(H2,27,28,29);1H. The van der Waals surface area contributed by atoms with Gasteiger partial charge in [-0.3, -0.25) is 4.90 Å². The van der Waals surface area contributed by atoms with Gasteiger partial charge in [0.05, 0.1) is 6.54 Å². The van der Waals surface area contributed by atoms with Crippen LogP contribution in [0.25, 0.3) is 0 Å². The molecule has 0 saturated carbocycles. The van der Waals surface area contributed by atoms with E-state index in [0.717, 1.165) is 45.0 Å². The summed E-state index contributed by atoms with van der Waals surface area (Å²) >= 11 is 0. The van der Waals surface area contributed by atoms with E-state index in [4.69, 9.17) is 4.99 Å². The van der Waals surface area contributed by atoms with Gasteiger partial charge in [-0.15, -0.1) is 24.0 Å². The highest BCUT2D eigenvalue weighted by Gasteiger charge is 2.26. The molecule has 1 aliphatic rings. The Hall–Kier alpha value is -1.64. The van der Waals surface area contributed by atoms with Gasteiger partial charge >= 0.3 is 0 Å². The molecule has 1 heterocycles. The molecule has 0 bridgehead atoms. The molecule has 1 fully saturated rings. The van der Waals surface area contributed by atoms with Crippen LogP contribution in [0.2, 0.25) is 0 Å². The van der Waals surface area contributed by atoms with E-state index < -0.39 is 0 Å². The molecule has 32 heavy (non-hydrogen) atoms. The van der Waals surface area contributed by atoms with Gasteiger partial charge in [-0.05, 0) is 57.5 Å². The summed E-state index contributed by atoms with van der Waals surface area (Å²) in [6.45, 7) is 9.12. The Morgan fingerprint density at radius 1 is 1.06 bits per heavy atom. The fraction of sp³-hybridized carbons (Fsp3) is 0.500. The van der Waals surface area contributed by atoms with Crippen LogP contribution < -0.4 is 10.6 Å². The van der Waals surface area contributed by atoms with E-state index >= 15 is 0 Å². The van der Waals surface area contributed by atoms with Gasteiger partial charge in [0.2, 0.25) is 0 Å². The number of hydrogen-bond donors (Lipinski definition) is 2. The lowest BCUT2D eigenvalue weighted by atomic mass is 9.97. The Kier molecular flexibility index (Phi) is 11.5. The minimum Gasteiger partial charge on any atom is -0.357 e. The Balaban J connectivity index is 0.00000363. The molecule has 2 N–H and O–H groups in total. The summed E-state index contributed by atoms with van der Waals surface area (Å²) in [6, 6.07) is 20.4. The van der Waals surface area contributed by atoms with Crippen LogP contribution in [0, 0.1) is 0 Å². The SMILES string of the molecule is CCNC(=NCc1ccccc1CN(C)C)NC1CCN(Cc2ccccc2)C(C)C1.I. The van der Waals surface area contributed by atoms with Gasteiger partial charge in [-0.25, -0.2) is 4.99 Å². The van der Waals surface area contributed by atoms with Crippen LogP contribution in [-0.2, 0) is 19.6 Å². The molecule has 3 rings (SSSR count). The van der Waals surface area contributed by atoms with Crippen molar-refractivity contribution in [2.75, 3.05) is 27.2 Å². The number of likely N-dealkylation sites (tertiary alicyclic amines) is 1. The second-order valence-electron chi connectivity index (χ2n) is 8.87. The van der Waals surface area contributed by atoms with Crippen molar-refractivity contribution in [2.24, 2.45) is 4.99 Å². The Morgan fingerprint density at radius 3 is 2.41 bits per heavy atom. The summed E-state index contributed by atoms with van der Waals surface area (Å²) in [4.78, 5) is 9.72. The number of piperidine rings is 1. The highest BCUT2D eigenvalue weighted by atomic mass is 127. The van der Waals surface area contributed by atoms with E-state index in [1.54, 1.807) is 0 Å². The van der Waals surface area contributed by atoms with Gasteiger partial charge in [0, 0.05) is 38.3 Å². The van der Waals surface area contributed by atoms with Crippen molar-refractivity contribution in [3.8, 4) is 0 Å². The molecular weight excluding hydrogens is 509 g/mol. The van der Waals surface area contributed by atoms with Gasteiger partial charge in [0.15, 0.2) is 5.96 Å². The predicted octanol–water partition coefficient (Wildman–Crippen LogP) is 4.47. The van der Waals surface area contributed by atoms with Crippen molar-refractivity contribution in [1.29, 1.82) is 0 Å². The first-order valence-corrected chi connectivity index (χ1v) is 11.6. The average Bonchev–Trinajstić information content (AvgIpc) is 2.75. The molecule has 0 aliphatic carbocycles. The van der Waals surface area contributed by atoms with Crippen LogP contribution in [-0.4, -0.2) is 55.0 Å². The van der Waals surface area contributed by atoms with Crippen LogP contribution in [0.5, 0.6) is 0 Å². The Bertz CT molecular complexity index is 824. The van der Waals surface area contributed by atoms with Gasteiger partial charge in [-0.1, -0.05) is 54.6 Å². The zero-order chi connectivity index (χ0) is 22.1. The monoisotopic (exact) mass is 549 g/mol. The Morgan fingerprint density at radius 2 is 1.75 bits per heavy atom. The van der Waals surface area contributed by atoms with Gasteiger partial charge in [0.25, 0.3) is 0 Å². The predicted molar refractivity (Wildman–Crippen MR) is 147 cm³/mol. The molecule has 6 heteroatoms. The van der Waals surface area contributed by atoms with Crippen LogP contribution in [0.1, 0.15) is 43.4 Å². The van der Waals surface area contributed by atoms with E-state index in [1.165, 1.54) is 16.7 Å². The summed E-state index contributed by atoms with van der Waals surface area (Å²) in [6.07, 6.45) is 2.27. The number of rotatable bonds is 8. The number of guanidine groups is 1. The molecule has 0 radical (unpaired) electrons. The lowest BCUT2D eigenvalue weighted by Crippen LogP contribution is -2.51. The molecule has 0 spiro atoms. The first kappa shape index (κ1) is 26.6. The highest BCUT2D eigenvalue weighted by molar-refractivity contribution is 14.0. The fourth-order valence-corrected chi connectivity index (χ4v) is 4.29. The van der Waals surface area contributed by atoms with Crippen LogP contribution in [0.3, 0.4) is 0 Å². The van der Waals surface area contributed by atoms with Crippen molar-refractivity contribution in [2.45, 2.75) is 58.4 Å². The molecule has 176 valence electrons. The molecule has 2 aromatic rings. The molecule has 2 atom stereocenters. The smallest absolute Gasteiger partial charge is 0.191 e. The van der Waals surface area contributed by atoms with E-state index in [2.05, 4.69) is 103 Å². The van der Waals surface area contributed by atoms with Gasteiger partial charge < -0.3 is 15.5 Å². The molecule has 5 nitrogen and oxygen atoms in total. The van der Waals surface area contributed by atoms with Crippen LogP contribution >= 0.6 is 24.0 Å². The van der Waals surface area contributed by atoms with E-state index in [1.807, 2.05) is 0 Å². The third-order valence-electron chi connectivity index (χ3n) is 5.94. The third-order valence-corrected chi connectivity index (χ3v) is 5.94. The summed E-state index contributed by atoms with van der Waals surface area (Å²) in [7, 11) is 4.22. The van der Waals surface area contributed by atoms with Crippen molar-refractivity contribution in [3.63, 3.8) is 0 Å². The maximum absolute atomic E-state index is 4.92. The highest BCUT2D eigenvalue weighted by Crippen LogP contribution is 2.20. The molecule has 0 aromatic heterocycles. The third kappa shape index (κ3) is 8.37. The summed E-state index contributed by atoms with van der Waals surface area (Å²) in [5.74, 6) is 0.927. The quantitative estimate of drug-likeness (QED) is 0.290. The zero-order valence-corrected chi connectivity index (χ0v) is 22.4. The van der Waals surface area contributed by atoms with Crippen LogP contribution in [0.15, 0.2) is 59.6 Å². The second kappa shape index (κ2) is 13.8. The fourth-order valence-electron chi connectivity index (χ4n) is 4.29. The molecular formula is C26H40IN5. The number of aliphatic imine (C=N–C) groups is 1. The number of halogens is 1. The van der Waals surface area contributed by atoms with Gasteiger partial charge in [0.1, 0.15) is 0 Å². The molecule has 2 aromatic carbocycles. The lowest BCUT2D eigenvalue weighted by Gasteiger charge is -2.38. The maximum Gasteiger partial charge on any atom is 0.191 e. The number of nitrogens with zero attached hydrogens (tertiary/aromatic N) is 3. The minimum atomic E-state index is 0. The summed E-state index contributed by atoms with van der Waals surface area (Å²) < 4.78 is 0. The normalized spacial score (nSPS) is 19.5. The number of benzene rings is 2. The van der Waals surface area contributed by atoms with E-state index in [9.17, 15) is 0 Å². The molecule has 0 amide bonds. The van der Waals surface area contributed by atoms with Crippen molar-refractivity contribution >= 4 is 29.9 Å². The first-order valence-electron chi connectivity index (χ1n) is 11.6. The number of nitrogens with one attached hydrogen (secondary N) is 2. The van der Waals surface area contributed by atoms with Crippen LogP contribution in [0.4, 0.5) is 0 Å². The molecule has 1 saturated heterocycles. The lowest BCUT2D eigenvalue weighted by molar-refractivity contribution is 0.134. The van der Waals surface area contributed by atoms with E-state index in [-0.39, 0.29) is 24.0 Å². The maximum atomic E-state index is 4.92. The Labute approximate surface area is 211 Å². The molecule has 2 unspecified atom stereocenters. The summed E-state index contributed by atoms with van der Waals surface area (Å²) in [5.41, 5.74) is 4.03. The van der Waals surface area contributed by atoms with Crippen molar-refractivity contribution in [3.05, 3.63) is 71.3 Å². The van der Waals surface area contributed by atoms with Crippen molar-refractivity contribution < 1.29 is 0 Å². The zero-order valence-electron chi connectivity index (χ0n) is 20.1. The summed E-state index contributed by atoms with van der Waals surface area (Å²) in [5, 5.41) is 7.15. The topological polar surface area (TPSA) is 42.9 Å². The second-order valence-corrected chi connectivity index (χ2v) is 8.87. The largest absolute Gasteiger partial charge is 0.357 e. The first-order chi connectivity index (χ1) is 15.0. The van der Waals surface area contributed by atoms with Crippen molar-refractivity contribution in [1.82, 2.24) is 20.4 Å². The molecule has 1 aliphatic heterocycles. The van der Waals surface area contributed by atoms with Gasteiger partial charge in [-0.2, -0.15) is 0 Å². The average molecular weight is 550 g/mol. The van der Waals surface area contributed by atoms with E-state index in [0.29, 0.717) is 18.6 Å². The number of hydrogen-bond acceptors (Lipinski definition) is 3. The minimum absolute atomic E-state index is 0.